The number of carbonyl (C=O) groups excluding carboxylic acids is 1. The van der Waals surface area contributed by atoms with Gasteiger partial charge in [-0.05, 0) is 13.0 Å². The molecule has 4 N–H and O–H groups in total. The van der Waals surface area contributed by atoms with E-state index in [9.17, 15) is 9.18 Å². The highest BCUT2D eigenvalue weighted by Gasteiger charge is 2.17. The molecule has 11 heteroatoms. The van der Waals surface area contributed by atoms with Crippen LogP contribution in [-0.4, -0.2) is 43.6 Å². The maximum Gasteiger partial charge on any atom is 0.230 e. The Morgan fingerprint density at radius 1 is 1.57 bits per heavy atom. The van der Waals surface area contributed by atoms with Gasteiger partial charge in [0.15, 0.2) is 11.5 Å². The second-order valence-corrected chi connectivity index (χ2v) is 7.13. The normalized spacial score (nSPS) is 12.2. The maximum atomic E-state index is 13.5. The Labute approximate surface area is 163 Å². The largest absolute Gasteiger partial charge is 0.402 e. The third-order valence-corrected chi connectivity index (χ3v) is 5.28. The van der Waals surface area contributed by atoms with E-state index in [0.29, 0.717) is 18.5 Å². The van der Waals surface area contributed by atoms with E-state index < -0.39 is 5.82 Å². The summed E-state index contributed by atoms with van der Waals surface area (Å²) in [6.45, 7) is 1.87. The maximum absolute atomic E-state index is 13.5. The topological polar surface area (TPSA) is 129 Å². The van der Waals surface area contributed by atoms with Crippen LogP contribution in [0.25, 0.3) is 10.3 Å². The van der Waals surface area contributed by atoms with Crippen LogP contribution in [0.4, 0.5) is 4.39 Å². The highest BCUT2D eigenvalue weighted by molar-refractivity contribution is 7.19. The van der Waals surface area contributed by atoms with Crippen molar-refractivity contribution in [2.75, 3.05) is 0 Å². The summed E-state index contributed by atoms with van der Waals surface area (Å²) in [4.78, 5) is 15.9. The average Bonchev–Trinajstić information content (AvgIpc) is 3.31. The number of rotatable bonds is 8. The van der Waals surface area contributed by atoms with Gasteiger partial charge in [-0.2, -0.15) is 10.2 Å². The number of halogens is 1. The Morgan fingerprint density at radius 3 is 3.00 bits per heavy atom. The second-order valence-electron chi connectivity index (χ2n) is 6.05. The van der Waals surface area contributed by atoms with Crippen molar-refractivity contribution in [1.29, 1.82) is 5.41 Å². The number of aryl methyl sites for hydroxylation is 1. The molecule has 0 unspecified atom stereocenters. The van der Waals surface area contributed by atoms with Gasteiger partial charge in [-0.1, -0.05) is 0 Å². The Balaban J connectivity index is 1.89. The number of nitrogens with one attached hydrogen (secondary N) is 2. The molecule has 0 saturated heterocycles. The van der Waals surface area contributed by atoms with Gasteiger partial charge in [0.05, 0.1) is 29.4 Å². The molecule has 0 bridgehead atoms. The molecule has 0 aliphatic carbocycles. The van der Waals surface area contributed by atoms with Crippen LogP contribution in [0.2, 0.25) is 0 Å². The van der Waals surface area contributed by atoms with Gasteiger partial charge in [0.2, 0.25) is 6.41 Å². The van der Waals surface area contributed by atoms with Crippen molar-refractivity contribution < 1.29 is 9.18 Å². The highest BCUT2D eigenvalue weighted by atomic mass is 32.1. The summed E-state index contributed by atoms with van der Waals surface area (Å²) < 4.78 is 16.4. The molecular formula is C17H19FN8OS. The van der Waals surface area contributed by atoms with E-state index in [1.165, 1.54) is 17.4 Å². The van der Waals surface area contributed by atoms with Gasteiger partial charge < -0.3 is 15.7 Å². The zero-order chi connectivity index (χ0) is 20.3. The number of allylic oxidation sites excluding steroid dienone is 2. The highest BCUT2D eigenvalue weighted by Crippen LogP contribution is 2.30. The third kappa shape index (κ3) is 3.83. The molecule has 0 atom stereocenters. The molecular weight excluding hydrogens is 383 g/mol. The molecule has 0 fully saturated rings. The summed E-state index contributed by atoms with van der Waals surface area (Å²) in [6.07, 6.45) is 6.25. The fraction of sp³-hybridized carbons (Fsp3) is 0.235. The van der Waals surface area contributed by atoms with Crippen molar-refractivity contribution in [1.82, 2.24) is 24.8 Å². The van der Waals surface area contributed by atoms with Gasteiger partial charge in [-0.3, -0.25) is 9.89 Å². The predicted octanol–water partition coefficient (Wildman–Crippen LogP) is 1.83. The first kappa shape index (κ1) is 19.4. The fourth-order valence-corrected chi connectivity index (χ4v) is 3.83. The SMILES string of the molecule is Cc1c(/C=N\N(C=O)Cc2[nH]ncc2F)c2sc(CC(N)=CC=N)nc2n1C. The molecule has 28 heavy (non-hydrogen) atoms. The van der Waals surface area contributed by atoms with E-state index >= 15 is 0 Å². The lowest BCUT2D eigenvalue weighted by Crippen LogP contribution is -2.16. The van der Waals surface area contributed by atoms with Gasteiger partial charge in [0.1, 0.15) is 5.01 Å². The van der Waals surface area contributed by atoms with Gasteiger partial charge in [0.25, 0.3) is 0 Å². The van der Waals surface area contributed by atoms with E-state index in [1.807, 2.05) is 18.5 Å². The van der Waals surface area contributed by atoms with Crippen LogP contribution in [0.3, 0.4) is 0 Å². The summed E-state index contributed by atoms with van der Waals surface area (Å²) in [7, 11) is 1.90. The summed E-state index contributed by atoms with van der Waals surface area (Å²) in [5, 5.41) is 19.3. The number of fused-ring (bicyclic) bond motifs is 1. The van der Waals surface area contributed by atoms with E-state index in [4.69, 9.17) is 11.1 Å². The zero-order valence-electron chi connectivity index (χ0n) is 15.3. The van der Waals surface area contributed by atoms with Crippen molar-refractivity contribution >= 4 is 40.5 Å². The summed E-state index contributed by atoms with van der Waals surface area (Å²) in [5.74, 6) is -0.525. The lowest BCUT2D eigenvalue weighted by Gasteiger charge is -2.09. The van der Waals surface area contributed by atoms with Crippen LogP contribution >= 0.6 is 11.3 Å². The molecule has 3 aromatic rings. The molecule has 3 heterocycles. The van der Waals surface area contributed by atoms with E-state index in [0.717, 1.165) is 44.0 Å². The Bertz CT molecular complexity index is 1080. The Hall–Kier alpha value is -3.34. The molecule has 0 spiro atoms. The summed E-state index contributed by atoms with van der Waals surface area (Å²) in [6, 6.07) is 0. The van der Waals surface area contributed by atoms with Crippen LogP contribution in [0.5, 0.6) is 0 Å². The first-order valence-corrected chi connectivity index (χ1v) is 9.09. The monoisotopic (exact) mass is 402 g/mol. The molecule has 0 aromatic carbocycles. The number of hydrazone groups is 1. The molecule has 1 amide bonds. The quantitative estimate of drug-likeness (QED) is 0.301. The smallest absolute Gasteiger partial charge is 0.230 e. The minimum absolute atomic E-state index is 0.0558. The third-order valence-electron chi connectivity index (χ3n) is 4.20. The van der Waals surface area contributed by atoms with Gasteiger partial charge >= 0.3 is 0 Å². The molecule has 146 valence electrons. The average molecular weight is 402 g/mol. The molecule has 3 aromatic heterocycles. The van der Waals surface area contributed by atoms with Crippen LogP contribution in [0, 0.1) is 18.2 Å². The van der Waals surface area contributed by atoms with Crippen LogP contribution < -0.4 is 5.73 Å². The van der Waals surface area contributed by atoms with Crippen LogP contribution in [-0.2, 0) is 24.8 Å². The molecule has 3 rings (SSSR count). The Kier molecular flexibility index (Phi) is 5.64. The lowest BCUT2D eigenvalue weighted by atomic mass is 10.3. The lowest BCUT2D eigenvalue weighted by molar-refractivity contribution is -0.118. The number of nitrogens with zero attached hydrogens (tertiary/aromatic N) is 5. The van der Waals surface area contributed by atoms with Crippen molar-refractivity contribution in [2.45, 2.75) is 19.9 Å². The van der Waals surface area contributed by atoms with Crippen molar-refractivity contribution in [3.05, 3.63) is 45.7 Å². The number of hydrogen-bond donors (Lipinski definition) is 3. The van der Waals surface area contributed by atoms with Gasteiger partial charge in [-0.25, -0.2) is 14.4 Å². The molecule has 0 aliphatic rings. The predicted molar refractivity (Wildman–Crippen MR) is 106 cm³/mol. The number of hydrogen-bond acceptors (Lipinski definition) is 7. The number of aromatic amines is 1. The molecule has 9 nitrogen and oxygen atoms in total. The zero-order valence-corrected chi connectivity index (χ0v) is 16.1. The number of amides is 1. The van der Waals surface area contributed by atoms with Crippen molar-refractivity contribution in [2.24, 2.45) is 17.9 Å². The number of aromatic nitrogens is 4. The summed E-state index contributed by atoms with van der Waals surface area (Å²) >= 11 is 1.48. The van der Waals surface area contributed by atoms with Crippen LogP contribution in [0.1, 0.15) is 22.0 Å². The first-order valence-electron chi connectivity index (χ1n) is 8.28. The van der Waals surface area contributed by atoms with Crippen molar-refractivity contribution in [3.63, 3.8) is 0 Å². The molecule has 0 aliphatic heterocycles. The minimum atomic E-state index is -0.525. The fourth-order valence-electron chi connectivity index (χ4n) is 2.64. The van der Waals surface area contributed by atoms with Gasteiger partial charge in [-0.15, -0.1) is 11.3 Å². The Morgan fingerprint density at radius 2 is 2.36 bits per heavy atom. The first-order chi connectivity index (χ1) is 13.4. The number of thiazole rings is 1. The molecule has 0 saturated carbocycles. The number of carbonyl (C=O) groups is 1. The van der Waals surface area contributed by atoms with E-state index in [-0.39, 0.29) is 12.2 Å². The molecule has 0 radical (unpaired) electrons. The van der Waals surface area contributed by atoms with Crippen molar-refractivity contribution in [3.8, 4) is 0 Å². The van der Waals surface area contributed by atoms with Gasteiger partial charge in [0, 0.05) is 36.6 Å². The second kappa shape index (κ2) is 8.13. The van der Waals surface area contributed by atoms with E-state index in [2.05, 4.69) is 20.3 Å². The standard InChI is InChI=1S/C17H19FN8OS/c1-10-12(6-22-26(9-27)8-14-13(18)7-21-24-14)16-17(25(10)2)23-15(28-16)5-11(20)3-4-19/h3-4,6-7,9,19H,5,8,20H2,1-2H3,(H,21,24)/b11-3?,19-4?,22-6-. The van der Waals surface area contributed by atoms with E-state index in [1.54, 1.807) is 6.21 Å². The number of nitrogens with two attached hydrogens (primary N) is 1. The summed E-state index contributed by atoms with van der Waals surface area (Å²) in [5.41, 5.74) is 9.14. The van der Waals surface area contributed by atoms with Crippen LogP contribution in [0.15, 0.2) is 23.1 Å². The minimum Gasteiger partial charge on any atom is -0.402 e. The number of H-pyrrole nitrogens is 1.